The Hall–Kier alpha value is -3.86. The van der Waals surface area contributed by atoms with Gasteiger partial charge < -0.3 is 9.47 Å². The van der Waals surface area contributed by atoms with Crippen molar-refractivity contribution in [1.29, 1.82) is 0 Å². The number of cyclic esters (lactones) is 1. The highest BCUT2D eigenvalue weighted by atomic mass is 16.5. The average molecular weight is 454 g/mol. The van der Waals surface area contributed by atoms with Gasteiger partial charge in [0.05, 0.1) is 11.3 Å². The zero-order valence-corrected chi connectivity index (χ0v) is 19.4. The van der Waals surface area contributed by atoms with Gasteiger partial charge in [0.25, 0.3) is 0 Å². The zero-order chi connectivity index (χ0) is 23.7. The summed E-state index contributed by atoms with van der Waals surface area (Å²) >= 11 is 0. The number of ether oxygens (including phenoxy) is 2. The SMILES string of the molecule is CCc1ccc(N2C(=O)CC(c3ccc(OCc4cccc(C)c4)cc3)C3=C2COC3=O)cc1. The lowest BCUT2D eigenvalue weighted by Gasteiger charge is -2.32. The van der Waals surface area contributed by atoms with Crippen molar-refractivity contribution in [3.63, 3.8) is 0 Å². The summed E-state index contributed by atoms with van der Waals surface area (Å²) in [5.41, 5.74) is 6.40. The molecule has 2 aliphatic rings. The van der Waals surface area contributed by atoms with Crippen LogP contribution in [0.1, 0.15) is 41.5 Å². The van der Waals surface area contributed by atoms with Crippen LogP contribution in [0.5, 0.6) is 5.75 Å². The van der Waals surface area contributed by atoms with Crippen LogP contribution in [0.4, 0.5) is 5.69 Å². The predicted molar refractivity (Wildman–Crippen MR) is 131 cm³/mol. The van der Waals surface area contributed by atoms with Crippen molar-refractivity contribution in [3.05, 3.63) is 106 Å². The molecule has 5 rings (SSSR count). The lowest BCUT2D eigenvalue weighted by atomic mass is 9.84. The van der Waals surface area contributed by atoms with Gasteiger partial charge in [0.15, 0.2) is 0 Å². The maximum absolute atomic E-state index is 13.2. The minimum absolute atomic E-state index is 0.0360. The first-order valence-electron chi connectivity index (χ1n) is 11.6. The Balaban J connectivity index is 1.38. The minimum Gasteiger partial charge on any atom is -0.489 e. The Morgan fingerprint density at radius 2 is 1.74 bits per heavy atom. The van der Waals surface area contributed by atoms with E-state index < -0.39 is 0 Å². The normalized spacial score (nSPS) is 17.6. The van der Waals surface area contributed by atoms with Crippen LogP contribution >= 0.6 is 0 Å². The van der Waals surface area contributed by atoms with E-state index in [1.54, 1.807) is 4.90 Å². The number of esters is 1. The second kappa shape index (κ2) is 9.18. The Morgan fingerprint density at radius 3 is 2.44 bits per heavy atom. The van der Waals surface area contributed by atoms with Crippen molar-refractivity contribution in [3.8, 4) is 5.75 Å². The number of carbonyl (C=O) groups excluding carboxylic acids is 2. The van der Waals surface area contributed by atoms with Gasteiger partial charge in [-0.1, -0.05) is 61.0 Å². The third kappa shape index (κ3) is 4.21. The molecule has 1 atom stereocenters. The molecular formula is C29H27NO4. The Labute approximate surface area is 199 Å². The highest BCUT2D eigenvalue weighted by Gasteiger charge is 2.42. The lowest BCUT2D eigenvalue weighted by Crippen LogP contribution is -2.37. The molecule has 34 heavy (non-hydrogen) atoms. The fraction of sp³-hybridized carbons (Fsp3) is 0.241. The predicted octanol–water partition coefficient (Wildman–Crippen LogP) is 5.47. The second-order valence-electron chi connectivity index (χ2n) is 8.79. The number of aryl methyl sites for hydroxylation is 2. The smallest absolute Gasteiger partial charge is 0.336 e. The summed E-state index contributed by atoms with van der Waals surface area (Å²) in [5, 5.41) is 0. The summed E-state index contributed by atoms with van der Waals surface area (Å²) in [5.74, 6) is 0.0382. The van der Waals surface area contributed by atoms with Crippen LogP contribution in [0, 0.1) is 6.92 Å². The van der Waals surface area contributed by atoms with Gasteiger partial charge >= 0.3 is 5.97 Å². The molecule has 1 amide bonds. The second-order valence-corrected chi connectivity index (χ2v) is 8.79. The highest BCUT2D eigenvalue weighted by molar-refractivity contribution is 6.06. The average Bonchev–Trinajstić information content (AvgIpc) is 3.24. The van der Waals surface area contributed by atoms with Crippen molar-refractivity contribution >= 4 is 17.6 Å². The van der Waals surface area contributed by atoms with Crippen molar-refractivity contribution in [1.82, 2.24) is 0 Å². The molecule has 0 saturated heterocycles. The van der Waals surface area contributed by atoms with Gasteiger partial charge in [-0.15, -0.1) is 0 Å². The van der Waals surface area contributed by atoms with E-state index in [4.69, 9.17) is 9.47 Å². The summed E-state index contributed by atoms with van der Waals surface area (Å²) in [6, 6.07) is 23.8. The molecule has 5 heteroatoms. The van der Waals surface area contributed by atoms with Crippen LogP contribution in [0.25, 0.3) is 0 Å². The number of amides is 1. The van der Waals surface area contributed by atoms with Gasteiger partial charge in [-0.2, -0.15) is 0 Å². The van der Waals surface area contributed by atoms with E-state index in [0.29, 0.717) is 17.9 Å². The van der Waals surface area contributed by atoms with Crippen molar-refractivity contribution in [2.75, 3.05) is 11.5 Å². The van der Waals surface area contributed by atoms with Crippen LogP contribution in [0.15, 0.2) is 84.1 Å². The molecule has 0 aromatic heterocycles. The minimum atomic E-state index is -0.345. The summed E-state index contributed by atoms with van der Waals surface area (Å²) in [7, 11) is 0. The molecule has 2 heterocycles. The fourth-order valence-electron chi connectivity index (χ4n) is 4.68. The van der Waals surface area contributed by atoms with E-state index in [-0.39, 0.29) is 30.8 Å². The monoisotopic (exact) mass is 453 g/mol. The number of benzene rings is 3. The van der Waals surface area contributed by atoms with Gasteiger partial charge in [-0.05, 0) is 54.3 Å². The van der Waals surface area contributed by atoms with Crippen LogP contribution in [0.2, 0.25) is 0 Å². The molecule has 0 bridgehead atoms. The Kier molecular flexibility index (Phi) is 5.93. The van der Waals surface area contributed by atoms with Gasteiger partial charge in [0, 0.05) is 18.0 Å². The van der Waals surface area contributed by atoms with Gasteiger partial charge in [0.2, 0.25) is 5.91 Å². The third-order valence-corrected chi connectivity index (χ3v) is 6.49. The van der Waals surface area contributed by atoms with E-state index >= 15 is 0 Å². The van der Waals surface area contributed by atoms with Gasteiger partial charge in [-0.3, -0.25) is 9.69 Å². The molecule has 0 N–H and O–H groups in total. The van der Waals surface area contributed by atoms with E-state index in [1.807, 2.05) is 60.7 Å². The van der Waals surface area contributed by atoms with Crippen LogP contribution in [-0.2, 0) is 27.4 Å². The molecule has 0 fully saturated rings. The van der Waals surface area contributed by atoms with E-state index in [0.717, 1.165) is 29.0 Å². The molecule has 3 aromatic carbocycles. The van der Waals surface area contributed by atoms with Crippen LogP contribution in [-0.4, -0.2) is 18.5 Å². The molecule has 0 aliphatic carbocycles. The van der Waals surface area contributed by atoms with Crippen LogP contribution in [0.3, 0.4) is 0 Å². The number of anilines is 1. The molecule has 5 nitrogen and oxygen atoms in total. The maximum Gasteiger partial charge on any atom is 0.336 e. The molecule has 2 aliphatic heterocycles. The van der Waals surface area contributed by atoms with Crippen molar-refractivity contribution < 1.29 is 19.1 Å². The first-order chi connectivity index (χ1) is 16.5. The first-order valence-corrected chi connectivity index (χ1v) is 11.6. The van der Waals surface area contributed by atoms with E-state index in [2.05, 4.69) is 26.0 Å². The quantitative estimate of drug-likeness (QED) is 0.465. The molecule has 3 aromatic rings. The van der Waals surface area contributed by atoms with Crippen LogP contribution < -0.4 is 9.64 Å². The largest absolute Gasteiger partial charge is 0.489 e. The van der Waals surface area contributed by atoms with Gasteiger partial charge in [0.1, 0.15) is 19.0 Å². The first kappa shape index (κ1) is 22.0. The van der Waals surface area contributed by atoms with Gasteiger partial charge in [-0.25, -0.2) is 4.79 Å². The third-order valence-electron chi connectivity index (χ3n) is 6.49. The van der Waals surface area contributed by atoms with Crippen molar-refractivity contribution in [2.24, 2.45) is 0 Å². The number of carbonyl (C=O) groups is 2. The lowest BCUT2D eigenvalue weighted by molar-refractivity contribution is -0.136. The number of hydrogen-bond donors (Lipinski definition) is 0. The highest BCUT2D eigenvalue weighted by Crippen LogP contribution is 2.42. The number of rotatable bonds is 6. The summed E-state index contributed by atoms with van der Waals surface area (Å²) in [6.07, 6.45) is 1.14. The Bertz CT molecular complexity index is 1260. The molecule has 0 saturated carbocycles. The summed E-state index contributed by atoms with van der Waals surface area (Å²) in [4.78, 5) is 27.6. The summed E-state index contributed by atoms with van der Waals surface area (Å²) < 4.78 is 11.3. The fourth-order valence-corrected chi connectivity index (χ4v) is 4.68. The molecule has 0 radical (unpaired) electrons. The molecular weight excluding hydrogens is 426 g/mol. The maximum atomic E-state index is 13.2. The van der Waals surface area contributed by atoms with E-state index in [9.17, 15) is 9.59 Å². The standard InChI is InChI=1S/C29H27NO4/c1-3-20-7-11-23(12-8-20)30-26-18-34-29(32)28(26)25(16-27(30)31)22-9-13-24(14-10-22)33-17-21-6-4-5-19(2)15-21/h4-15,25H,3,16-18H2,1-2H3. The molecule has 1 unspecified atom stereocenters. The Morgan fingerprint density at radius 1 is 0.971 bits per heavy atom. The molecule has 0 spiro atoms. The molecule has 172 valence electrons. The number of hydrogen-bond acceptors (Lipinski definition) is 4. The topological polar surface area (TPSA) is 55.8 Å². The van der Waals surface area contributed by atoms with Crippen molar-refractivity contribution in [2.45, 2.75) is 39.2 Å². The zero-order valence-electron chi connectivity index (χ0n) is 19.4. The number of nitrogens with zero attached hydrogens (tertiary/aromatic N) is 1. The summed E-state index contributed by atoms with van der Waals surface area (Å²) in [6.45, 7) is 4.75. The van der Waals surface area contributed by atoms with E-state index in [1.165, 1.54) is 11.1 Å².